The molecule has 1 spiro atoms. The first kappa shape index (κ1) is 31.8. The van der Waals surface area contributed by atoms with Gasteiger partial charge in [-0.25, -0.2) is 4.98 Å². The van der Waals surface area contributed by atoms with Gasteiger partial charge in [0.15, 0.2) is 5.01 Å². The predicted octanol–water partition coefficient (Wildman–Crippen LogP) is 6.21. The number of hydrogen-bond acceptors (Lipinski definition) is 6. The highest BCUT2D eigenvalue weighted by molar-refractivity contribution is 7.17. The van der Waals surface area contributed by atoms with E-state index in [-0.39, 0.29) is 45.7 Å². The van der Waals surface area contributed by atoms with Gasteiger partial charge in [0.25, 0.3) is 17.4 Å². The molecule has 7 nitrogen and oxygen atoms in total. The number of benzene rings is 1. The van der Waals surface area contributed by atoms with Crippen LogP contribution in [-0.4, -0.2) is 71.5 Å². The van der Waals surface area contributed by atoms with Gasteiger partial charge in [-0.1, -0.05) is 35.3 Å². The number of hydrogen-bond donors (Lipinski definition) is 2. The Kier molecular flexibility index (Phi) is 8.67. The Morgan fingerprint density at radius 1 is 1.10 bits per heavy atom. The number of thiazole rings is 1. The minimum atomic E-state index is -6.19. The lowest BCUT2D eigenvalue weighted by molar-refractivity contribution is -0.376. The quantitative estimate of drug-likeness (QED) is 0.349. The fourth-order valence-electron chi connectivity index (χ4n) is 4.98. The second kappa shape index (κ2) is 11.2. The van der Waals surface area contributed by atoms with E-state index in [1.165, 1.54) is 4.90 Å². The van der Waals surface area contributed by atoms with E-state index >= 15 is 0 Å². The molecule has 1 aliphatic heterocycles. The Balaban J connectivity index is 1.78. The third-order valence-electron chi connectivity index (χ3n) is 7.60. The molecule has 1 saturated carbocycles. The summed E-state index contributed by atoms with van der Waals surface area (Å²) in [5.41, 5.74) is -7.63. The van der Waals surface area contributed by atoms with Gasteiger partial charge in [-0.3, -0.25) is 9.59 Å². The van der Waals surface area contributed by atoms with Crippen LogP contribution in [0, 0.1) is 5.41 Å². The number of amides is 2. The molecule has 16 heteroatoms. The summed E-state index contributed by atoms with van der Waals surface area (Å²) in [5.74, 6) is -1.23. The molecule has 1 atom stereocenters. The summed E-state index contributed by atoms with van der Waals surface area (Å²) in [4.78, 5) is 32.0. The van der Waals surface area contributed by atoms with Crippen LogP contribution < -0.4 is 5.32 Å². The first-order valence-corrected chi connectivity index (χ1v) is 14.1. The first-order chi connectivity index (χ1) is 19.0. The molecule has 2 aromatic rings. The van der Waals surface area contributed by atoms with Gasteiger partial charge < -0.3 is 20.1 Å². The van der Waals surface area contributed by atoms with Gasteiger partial charge >= 0.3 is 12.4 Å². The number of nitrogens with one attached hydrogen (secondary N) is 1. The third-order valence-corrected chi connectivity index (χ3v) is 9.56. The molecule has 226 valence electrons. The van der Waals surface area contributed by atoms with Gasteiger partial charge in [0.05, 0.1) is 14.9 Å². The normalized spacial score (nSPS) is 18.9. The fraction of sp³-hybridized carbons (Fsp3) is 0.560. The summed E-state index contributed by atoms with van der Waals surface area (Å²) in [6.07, 6.45) is -10.1. The molecule has 1 saturated heterocycles. The van der Waals surface area contributed by atoms with Crippen molar-refractivity contribution in [2.75, 3.05) is 26.3 Å². The largest absolute Gasteiger partial charge is 0.430 e. The second-order valence-electron chi connectivity index (χ2n) is 9.87. The SMILES string of the molecule is CCN(CC)C(=O)c1nc(C(=O)NC2CC23CCOCC3)sc1-c1ccc(C(O)(C(F)(F)F)C(F)(F)F)c(Cl)c1Cl. The number of nitrogens with zero attached hydrogens (tertiary/aromatic N) is 2. The maximum Gasteiger partial charge on any atom is 0.430 e. The zero-order chi connectivity index (χ0) is 30.5. The Morgan fingerprint density at radius 2 is 1.68 bits per heavy atom. The Morgan fingerprint density at radius 3 is 2.22 bits per heavy atom. The first-order valence-electron chi connectivity index (χ1n) is 12.6. The summed E-state index contributed by atoms with van der Waals surface area (Å²) < 4.78 is 86.4. The van der Waals surface area contributed by atoms with Crippen molar-refractivity contribution in [1.29, 1.82) is 0 Å². The molecule has 1 aromatic heterocycles. The molecule has 2 amide bonds. The molecule has 41 heavy (non-hydrogen) atoms. The number of carbonyl (C=O) groups is 2. The van der Waals surface area contributed by atoms with Gasteiger partial charge in [-0.2, -0.15) is 26.3 Å². The van der Waals surface area contributed by atoms with E-state index in [0.717, 1.165) is 25.3 Å². The molecule has 0 radical (unpaired) electrons. The van der Waals surface area contributed by atoms with Crippen LogP contribution >= 0.6 is 34.5 Å². The Labute approximate surface area is 244 Å². The van der Waals surface area contributed by atoms with Crippen molar-refractivity contribution in [3.05, 3.63) is 38.4 Å². The van der Waals surface area contributed by atoms with Crippen LogP contribution in [-0.2, 0) is 10.3 Å². The molecule has 2 fully saturated rings. The predicted molar refractivity (Wildman–Crippen MR) is 139 cm³/mol. The lowest BCUT2D eigenvalue weighted by atomic mass is 9.91. The van der Waals surface area contributed by atoms with Gasteiger partial charge in [0.2, 0.25) is 0 Å². The number of carbonyl (C=O) groups excluding carboxylic acids is 2. The molecule has 2 N–H and O–H groups in total. The number of rotatable bonds is 7. The zero-order valence-corrected chi connectivity index (χ0v) is 24.0. The summed E-state index contributed by atoms with van der Waals surface area (Å²) in [6, 6.07) is 0.986. The molecule has 2 heterocycles. The topological polar surface area (TPSA) is 91.8 Å². The monoisotopic (exact) mass is 647 g/mol. The highest BCUT2D eigenvalue weighted by Crippen LogP contribution is 2.55. The molecular formula is C25H25Cl2F6N3O4S. The van der Waals surface area contributed by atoms with E-state index in [0.29, 0.717) is 30.6 Å². The van der Waals surface area contributed by atoms with E-state index in [4.69, 9.17) is 27.9 Å². The fourth-order valence-corrected chi connectivity index (χ4v) is 6.59. The van der Waals surface area contributed by atoms with Crippen LogP contribution in [0.15, 0.2) is 12.1 Å². The number of halogens is 8. The van der Waals surface area contributed by atoms with Gasteiger partial charge in [-0.05, 0) is 38.5 Å². The third kappa shape index (κ3) is 5.53. The average molecular weight is 648 g/mol. The Hall–Kier alpha value is -2.13. The summed E-state index contributed by atoms with van der Waals surface area (Å²) in [7, 11) is 0. The van der Waals surface area contributed by atoms with Crippen LogP contribution in [0.5, 0.6) is 0 Å². The maximum atomic E-state index is 13.5. The smallest absolute Gasteiger partial charge is 0.381 e. The van der Waals surface area contributed by atoms with Gasteiger partial charge in [0, 0.05) is 43.5 Å². The summed E-state index contributed by atoms with van der Waals surface area (Å²) in [6.45, 7) is 5.02. The van der Waals surface area contributed by atoms with Crippen molar-refractivity contribution < 1.29 is 45.8 Å². The number of alkyl halides is 6. The second-order valence-corrected chi connectivity index (χ2v) is 11.6. The standard InChI is InChI=1S/C25H25Cl2F6N3O4S/c1-3-36(4-2)21(38)17-18(41-20(35-17)19(37)34-14-11-22(14)7-9-40-10-8-22)12-5-6-13(16(27)15(12)26)23(39,24(28,29)30)25(31,32)33/h5-6,14,39H,3-4,7-11H2,1-2H3,(H,34,37). The van der Waals surface area contributed by atoms with Crippen LogP contribution in [0.3, 0.4) is 0 Å². The van der Waals surface area contributed by atoms with Crippen LogP contribution in [0.4, 0.5) is 26.3 Å². The van der Waals surface area contributed by atoms with Gasteiger partial charge in [0.1, 0.15) is 5.69 Å². The lowest BCUT2D eigenvalue weighted by Crippen LogP contribution is -2.54. The number of aromatic nitrogens is 1. The summed E-state index contributed by atoms with van der Waals surface area (Å²) >= 11 is 12.8. The van der Waals surface area contributed by atoms with Crippen LogP contribution in [0.2, 0.25) is 10.0 Å². The van der Waals surface area contributed by atoms with E-state index in [2.05, 4.69) is 10.3 Å². The van der Waals surface area contributed by atoms with Crippen LogP contribution in [0.1, 0.15) is 59.0 Å². The minimum Gasteiger partial charge on any atom is -0.381 e. The van der Waals surface area contributed by atoms with Crippen molar-refractivity contribution in [3.8, 4) is 10.4 Å². The van der Waals surface area contributed by atoms with E-state index < -0.39 is 45.4 Å². The number of ether oxygens (including phenoxy) is 1. The average Bonchev–Trinajstić information content (AvgIpc) is 3.33. The molecule has 2 aliphatic rings. The molecule has 1 unspecified atom stereocenters. The van der Waals surface area contributed by atoms with Gasteiger partial charge in [-0.15, -0.1) is 11.3 Å². The molecule has 1 aromatic carbocycles. The van der Waals surface area contributed by atoms with Crippen molar-refractivity contribution >= 4 is 46.4 Å². The minimum absolute atomic E-state index is 0.0751. The number of aliphatic hydroxyl groups is 1. The zero-order valence-electron chi connectivity index (χ0n) is 21.7. The van der Waals surface area contributed by atoms with Crippen LogP contribution in [0.25, 0.3) is 10.4 Å². The van der Waals surface area contributed by atoms with E-state index in [1.807, 2.05) is 0 Å². The highest BCUT2D eigenvalue weighted by Gasteiger charge is 2.72. The molecule has 4 rings (SSSR count). The van der Waals surface area contributed by atoms with E-state index in [9.17, 15) is 41.0 Å². The van der Waals surface area contributed by atoms with Crippen molar-refractivity contribution in [2.24, 2.45) is 5.41 Å². The molecule has 0 bridgehead atoms. The van der Waals surface area contributed by atoms with E-state index in [1.54, 1.807) is 13.8 Å². The lowest BCUT2D eigenvalue weighted by Gasteiger charge is -2.33. The summed E-state index contributed by atoms with van der Waals surface area (Å²) in [5, 5.41) is 10.6. The van der Waals surface area contributed by atoms with Crippen molar-refractivity contribution in [2.45, 2.75) is 57.1 Å². The van der Waals surface area contributed by atoms with Crippen molar-refractivity contribution in [1.82, 2.24) is 15.2 Å². The van der Waals surface area contributed by atoms with Crippen molar-refractivity contribution in [3.63, 3.8) is 0 Å². The molecule has 1 aliphatic carbocycles. The molecular weight excluding hydrogens is 623 g/mol. The highest BCUT2D eigenvalue weighted by atomic mass is 35.5. The maximum absolute atomic E-state index is 13.5. The Bertz CT molecular complexity index is 1330.